The highest BCUT2D eigenvalue weighted by molar-refractivity contribution is 7.84. The van der Waals surface area contributed by atoms with Gasteiger partial charge in [-0.25, -0.2) is 4.98 Å². The van der Waals surface area contributed by atoms with Crippen LogP contribution in [0.3, 0.4) is 0 Å². The minimum Gasteiger partial charge on any atom is -0.497 e. The molecule has 0 amide bonds. The molecule has 136 valence electrons. The number of fused-ring (bicyclic) bond motifs is 1. The van der Waals surface area contributed by atoms with Crippen molar-refractivity contribution in [1.82, 2.24) is 15.0 Å². The smallest absolute Gasteiger partial charge is 0.197 e. The van der Waals surface area contributed by atoms with Gasteiger partial charge in [-0.2, -0.15) is 0 Å². The Morgan fingerprint density at radius 1 is 1.19 bits per heavy atom. The van der Waals surface area contributed by atoms with Crippen LogP contribution in [-0.2, 0) is 16.6 Å². The number of nitrogens with zero attached hydrogens (tertiary/aromatic N) is 2. The molecule has 0 spiro atoms. The second-order valence-electron chi connectivity index (χ2n) is 5.46. The Hall–Kier alpha value is -1.68. The highest BCUT2D eigenvalue weighted by Crippen LogP contribution is 2.26. The Bertz CT molecular complexity index is 930. The van der Waals surface area contributed by atoms with Gasteiger partial charge in [-0.05, 0) is 26.0 Å². The van der Waals surface area contributed by atoms with Crippen molar-refractivity contribution in [2.45, 2.75) is 24.8 Å². The zero-order valence-corrected chi connectivity index (χ0v) is 17.5. The van der Waals surface area contributed by atoms with Gasteiger partial charge < -0.3 is 19.9 Å². The summed E-state index contributed by atoms with van der Waals surface area (Å²) in [4.78, 5) is 11.9. The summed E-state index contributed by atoms with van der Waals surface area (Å²) >= 11 is 0. The number of nitrogens with one attached hydrogen (secondary N) is 1. The van der Waals surface area contributed by atoms with Crippen LogP contribution in [0.5, 0.6) is 11.5 Å². The lowest BCUT2D eigenvalue weighted by Gasteiger charge is -2.11. The van der Waals surface area contributed by atoms with Gasteiger partial charge in [-0.1, -0.05) is 0 Å². The number of imidazole rings is 1. The molecule has 26 heavy (non-hydrogen) atoms. The SMILES string of the molecule is COc1ccc2nc([S@@](=O)Cc3ncc(C)c(OC)c3C)[nH]c2c1.O.[Mg]. The first kappa shape index (κ1) is 22.4. The molecular formula is C17H21MgN3O4S. The second-order valence-corrected chi connectivity index (χ2v) is 6.83. The first-order valence-corrected chi connectivity index (χ1v) is 8.76. The minimum atomic E-state index is -1.33. The summed E-state index contributed by atoms with van der Waals surface area (Å²) in [5, 5.41) is 0.430. The van der Waals surface area contributed by atoms with Gasteiger partial charge >= 0.3 is 0 Å². The number of aromatic nitrogens is 3. The number of ether oxygens (including phenoxy) is 2. The summed E-state index contributed by atoms with van der Waals surface area (Å²) in [6.45, 7) is 3.86. The predicted molar refractivity (Wildman–Crippen MR) is 102 cm³/mol. The number of aromatic amines is 1. The van der Waals surface area contributed by atoms with E-state index in [1.54, 1.807) is 20.4 Å². The standard InChI is InChI=1S/C17H19N3O3S.Mg.H2O/c1-10-8-18-15(11(2)16(10)23-4)9-24(21)17-19-13-6-5-12(22-3)7-14(13)20-17;;/h5-8H,9H2,1-4H3,(H,19,20);;1H2/t24-;;/m0../s1. The lowest BCUT2D eigenvalue weighted by Crippen LogP contribution is -2.05. The number of pyridine rings is 1. The van der Waals surface area contributed by atoms with Gasteiger partial charge in [0.15, 0.2) is 5.16 Å². The zero-order valence-electron chi connectivity index (χ0n) is 15.3. The van der Waals surface area contributed by atoms with Crippen molar-refractivity contribution in [3.63, 3.8) is 0 Å². The van der Waals surface area contributed by atoms with Gasteiger partial charge in [-0.3, -0.25) is 9.19 Å². The number of hydrogen-bond donors (Lipinski definition) is 1. The molecule has 7 nitrogen and oxygen atoms in total. The van der Waals surface area contributed by atoms with Gasteiger partial charge in [0.25, 0.3) is 0 Å². The summed E-state index contributed by atoms with van der Waals surface area (Å²) in [7, 11) is 1.91. The van der Waals surface area contributed by atoms with Crippen LogP contribution in [0.2, 0.25) is 0 Å². The van der Waals surface area contributed by atoms with E-state index in [1.807, 2.05) is 32.0 Å². The number of rotatable bonds is 5. The third-order valence-electron chi connectivity index (χ3n) is 3.90. The van der Waals surface area contributed by atoms with Crippen molar-refractivity contribution in [2.24, 2.45) is 0 Å². The van der Waals surface area contributed by atoms with Crippen molar-refractivity contribution < 1.29 is 19.2 Å². The zero-order chi connectivity index (χ0) is 17.3. The Kier molecular flexibility index (Phi) is 8.01. The van der Waals surface area contributed by atoms with Crippen molar-refractivity contribution in [1.29, 1.82) is 0 Å². The molecule has 0 unspecified atom stereocenters. The van der Waals surface area contributed by atoms with Crippen LogP contribution >= 0.6 is 0 Å². The van der Waals surface area contributed by atoms with E-state index in [1.165, 1.54) is 0 Å². The van der Waals surface area contributed by atoms with Crippen molar-refractivity contribution >= 4 is 44.9 Å². The maximum atomic E-state index is 12.7. The van der Waals surface area contributed by atoms with Crippen molar-refractivity contribution in [2.75, 3.05) is 14.2 Å². The molecule has 0 aliphatic carbocycles. The second kappa shape index (κ2) is 9.31. The van der Waals surface area contributed by atoms with Crippen LogP contribution in [-0.4, -0.2) is 61.9 Å². The monoisotopic (exact) mass is 387 g/mol. The van der Waals surface area contributed by atoms with Crippen molar-refractivity contribution in [3.8, 4) is 11.5 Å². The lowest BCUT2D eigenvalue weighted by atomic mass is 10.1. The fourth-order valence-electron chi connectivity index (χ4n) is 2.61. The van der Waals surface area contributed by atoms with Crippen LogP contribution < -0.4 is 9.47 Å². The van der Waals surface area contributed by atoms with E-state index >= 15 is 0 Å². The Morgan fingerprint density at radius 2 is 1.92 bits per heavy atom. The van der Waals surface area contributed by atoms with Crippen LogP contribution in [0.4, 0.5) is 0 Å². The molecule has 0 saturated carbocycles. The molecule has 2 aromatic heterocycles. The summed E-state index contributed by atoms with van der Waals surface area (Å²) in [6.07, 6.45) is 1.74. The van der Waals surface area contributed by atoms with E-state index in [2.05, 4.69) is 15.0 Å². The average Bonchev–Trinajstić information content (AvgIpc) is 3.01. The van der Waals surface area contributed by atoms with E-state index in [9.17, 15) is 4.21 Å². The third-order valence-corrected chi connectivity index (χ3v) is 5.06. The quantitative estimate of drug-likeness (QED) is 0.670. The van der Waals surface area contributed by atoms with Crippen LogP contribution in [0.1, 0.15) is 16.8 Å². The molecular weight excluding hydrogens is 367 g/mol. The molecule has 0 bridgehead atoms. The summed E-state index contributed by atoms with van der Waals surface area (Å²) in [5.41, 5.74) is 4.16. The normalized spacial score (nSPS) is 11.4. The average molecular weight is 388 g/mol. The topological polar surface area (TPSA) is 109 Å². The fraction of sp³-hybridized carbons (Fsp3) is 0.294. The molecule has 2 radical (unpaired) electrons. The molecule has 3 N–H and O–H groups in total. The van der Waals surface area contributed by atoms with Gasteiger partial charge in [0, 0.05) is 46.4 Å². The lowest BCUT2D eigenvalue weighted by molar-refractivity contribution is 0.407. The molecule has 1 atom stereocenters. The highest BCUT2D eigenvalue weighted by atomic mass is 32.2. The van der Waals surface area contributed by atoms with Crippen molar-refractivity contribution in [3.05, 3.63) is 41.2 Å². The summed E-state index contributed by atoms with van der Waals surface area (Å²) in [5.74, 6) is 1.79. The minimum absolute atomic E-state index is 0. The molecule has 0 saturated heterocycles. The van der Waals surface area contributed by atoms with Gasteiger partial charge in [0.2, 0.25) is 0 Å². The largest absolute Gasteiger partial charge is 0.497 e. The van der Waals surface area contributed by atoms with E-state index in [4.69, 9.17) is 9.47 Å². The molecule has 3 aromatic rings. The number of benzene rings is 1. The maximum Gasteiger partial charge on any atom is 0.197 e. The van der Waals surface area contributed by atoms with Gasteiger partial charge in [0.05, 0.1) is 47.5 Å². The number of hydrogen-bond acceptors (Lipinski definition) is 5. The van der Waals surface area contributed by atoms with E-state index in [0.717, 1.165) is 39.4 Å². The first-order valence-electron chi connectivity index (χ1n) is 7.44. The number of aryl methyl sites for hydroxylation is 1. The molecule has 3 rings (SSSR count). The summed E-state index contributed by atoms with van der Waals surface area (Å²) < 4.78 is 23.3. The van der Waals surface area contributed by atoms with E-state index in [0.29, 0.717) is 5.16 Å². The molecule has 1 aromatic carbocycles. The van der Waals surface area contributed by atoms with Crippen LogP contribution in [0, 0.1) is 13.8 Å². The highest BCUT2D eigenvalue weighted by Gasteiger charge is 2.16. The van der Waals surface area contributed by atoms with Crippen LogP contribution in [0.15, 0.2) is 29.6 Å². The third kappa shape index (κ3) is 4.34. The fourth-order valence-corrected chi connectivity index (χ4v) is 3.71. The molecule has 9 heteroatoms. The first-order chi connectivity index (χ1) is 11.5. The molecule has 2 heterocycles. The number of methoxy groups -OCH3 is 2. The van der Waals surface area contributed by atoms with Gasteiger partial charge in [-0.15, -0.1) is 0 Å². The maximum absolute atomic E-state index is 12.7. The van der Waals surface area contributed by atoms with Gasteiger partial charge in [0.1, 0.15) is 11.5 Å². The Balaban J connectivity index is 0.00000169. The molecule has 0 fully saturated rings. The Morgan fingerprint density at radius 3 is 2.58 bits per heavy atom. The Labute approximate surface area is 170 Å². The van der Waals surface area contributed by atoms with E-state index < -0.39 is 10.8 Å². The van der Waals surface area contributed by atoms with Crippen LogP contribution in [0.25, 0.3) is 11.0 Å². The summed E-state index contributed by atoms with van der Waals surface area (Å²) in [6, 6.07) is 5.50. The van der Waals surface area contributed by atoms with E-state index in [-0.39, 0.29) is 34.3 Å². The predicted octanol–water partition coefficient (Wildman–Crippen LogP) is 1.69. The molecule has 0 aliphatic heterocycles. The number of H-pyrrole nitrogens is 1. The molecule has 0 aliphatic rings.